The lowest BCUT2D eigenvalue weighted by atomic mass is 10.1. The highest BCUT2D eigenvalue weighted by Crippen LogP contribution is 2.11. The van der Waals surface area contributed by atoms with Gasteiger partial charge in [0.2, 0.25) is 0 Å². The molecule has 1 aliphatic rings. The van der Waals surface area contributed by atoms with E-state index < -0.39 is 0 Å². The van der Waals surface area contributed by atoms with Crippen molar-refractivity contribution in [1.82, 2.24) is 4.98 Å². The van der Waals surface area contributed by atoms with Gasteiger partial charge in [-0.2, -0.15) is 0 Å². The average molecular weight is 132 g/mol. The Balaban J connectivity index is 2.47. The summed E-state index contributed by atoms with van der Waals surface area (Å²) in [5.41, 5.74) is 2.63. The van der Waals surface area contributed by atoms with Crippen molar-refractivity contribution in [3.63, 3.8) is 0 Å². The van der Waals surface area contributed by atoms with Gasteiger partial charge in [-0.3, -0.25) is 9.98 Å². The minimum absolute atomic E-state index is 0.831. The van der Waals surface area contributed by atoms with Gasteiger partial charge in [0.1, 0.15) is 0 Å². The third-order valence-corrected chi connectivity index (χ3v) is 1.71. The van der Waals surface area contributed by atoms with Gasteiger partial charge in [-0.15, -0.1) is 0 Å². The van der Waals surface area contributed by atoms with Gasteiger partial charge in [0.05, 0.1) is 6.54 Å². The van der Waals surface area contributed by atoms with Gasteiger partial charge in [-0.25, -0.2) is 0 Å². The van der Waals surface area contributed by atoms with Crippen LogP contribution in [0.5, 0.6) is 0 Å². The molecule has 0 aromatic carbocycles. The van der Waals surface area contributed by atoms with Crippen molar-refractivity contribution < 1.29 is 0 Å². The molecule has 2 nitrogen and oxygen atoms in total. The third kappa shape index (κ3) is 0.817. The van der Waals surface area contributed by atoms with Crippen LogP contribution >= 0.6 is 0 Å². The molecule has 0 bridgehead atoms. The Morgan fingerprint density at radius 3 is 3.20 bits per heavy atom. The molecule has 2 heteroatoms. The molecule has 2 heterocycles. The van der Waals surface area contributed by atoms with Crippen LogP contribution in [-0.2, 0) is 13.0 Å². The lowest BCUT2D eigenvalue weighted by Crippen LogP contribution is -2.00. The molecule has 0 spiro atoms. The molecule has 0 aliphatic carbocycles. The zero-order chi connectivity index (χ0) is 6.81. The molecule has 1 aromatic rings. The molecular formula is C8H8N2. The van der Waals surface area contributed by atoms with Crippen LogP contribution in [0.1, 0.15) is 11.1 Å². The highest BCUT2D eigenvalue weighted by atomic mass is 14.7. The van der Waals surface area contributed by atoms with E-state index in [1.54, 1.807) is 0 Å². The fraction of sp³-hybridized carbons (Fsp3) is 0.250. The number of fused-ring (bicyclic) bond motifs is 1. The number of nitrogens with zero attached hydrogens (tertiary/aromatic N) is 2. The SMILES string of the molecule is C1=NCc2ccncc2C1. The smallest absolute Gasteiger partial charge is 0.0639 e. The Kier molecular flexibility index (Phi) is 1.24. The largest absolute Gasteiger partial charge is 0.292 e. The summed E-state index contributed by atoms with van der Waals surface area (Å²) < 4.78 is 0. The summed E-state index contributed by atoms with van der Waals surface area (Å²) >= 11 is 0. The molecule has 0 fully saturated rings. The molecule has 0 atom stereocenters. The maximum Gasteiger partial charge on any atom is 0.0639 e. The Hall–Kier alpha value is -1.18. The molecule has 0 unspecified atom stereocenters. The third-order valence-electron chi connectivity index (χ3n) is 1.71. The van der Waals surface area contributed by atoms with E-state index in [2.05, 4.69) is 9.98 Å². The van der Waals surface area contributed by atoms with Gasteiger partial charge < -0.3 is 0 Å². The Morgan fingerprint density at radius 1 is 1.30 bits per heavy atom. The first-order valence-corrected chi connectivity index (χ1v) is 3.37. The molecule has 0 radical (unpaired) electrons. The highest BCUT2D eigenvalue weighted by Gasteiger charge is 2.02. The van der Waals surface area contributed by atoms with Gasteiger partial charge in [0.15, 0.2) is 0 Å². The van der Waals surface area contributed by atoms with Crippen molar-refractivity contribution in [3.8, 4) is 0 Å². The highest BCUT2D eigenvalue weighted by molar-refractivity contribution is 5.64. The number of aliphatic imine (C=N–C) groups is 1. The normalized spacial score (nSPS) is 14.8. The lowest BCUT2D eigenvalue weighted by molar-refractivity contribution is 0.988. The van der Waals surface area contributed by atoms with E-state index in [1.807, 2.05) is 24.7 Å². The fourth-order valence-electron chi connectivity index (χ4n) is 1.12. The summed E-state index contributed by atoms with van der Waals surface area (Å²) in [7, 11) is 0. The van der Waals surface area contributed by atoms with Crippen LogP contribution in [0.4, 0.5) is 0 Å². The lowest BCUT2D eigenvalue weighted by Gasteiger charge is -2.07. The average Bonchev–Trinajstić information content (AvgIpc) is 2.05. The molecule has 0 saturated carbocycles. The van der Waals surface area contributed by atoms with E-state index in [9.17, 15) is 0 Å². The van der Waals surface area contributed by atoms with Crippen LogP contribution in [0.15, 0.2) is 23.5 Å². The van der Waals surface area contributed by atoms with Gasteiger partial charge >= 0.3 is 0 Å². The predicted molar refractivity (Wildman–Crippen MR) is 40.1 cm³/mol. The quantitative estimate of drug-likeness (QED) is 0.520. The minimum Gasteiger partial charge on any atom is -0.292 e. The Morgan fingerprint density at radius 2 is 2.30 bits per heavy atom. The number of pyridine rings is 1. The van der Waals surface area contributed by atoms with Crippen LogP contribution in [0.25, 0.3) is 0 Å². The van der Waals surface area contributed by atoms with Crippen LogP contribution in [0, 0.1) is 0 Å². The molecule has 2 rings (SSSR count). The molecule has 10 heavy (non-hydrogen) atoms. The first kappa shape index (κ1) is 5.59. The fourth-order valence-corrected chi connectivity index (χ4v) is 1.12. The van der Waals surface area contributed by atoms with Crippen LogP contribution < -0.4 is 0 Å². The summed E-state index contributed by atoms with van der Waals surface area (Å²) in [4.78, 5) is 8.20. The van der Waals surface area contributed by atoms with Crippen LogP contribution in [0.3, 0.4) is 0 Å². The van der Waals surface area contributed by atoms with E-state index in [0.717, 1.165) is 13.0 Å². The summed E-state index contributed by atoms with van der Waals surface area (Å²) in [6.45, 7) is 0.831. The topological polar surface area (TPSA) is 25.2 Å². The number of rotatable bonds is 0. The van der Waals surface area contributed by atoms with Crippen molar-refractivity contribution >= 4 is 6.21 Å². The zero-order valence-electron chi connectivity index (χ0n) is 5.62. The second-order valence-electron chi connectivity index (χ2n) is 2.37. The van der Waals surface area contributed by atoms with Crippen molar-refractivity contribution in [1.29, 1.82) is 0 Å². The number of hydrogen-bond donors (Lipinski definition) is 0. The predicted octanol–water partition coefficient (Wildman–Crippen LogP) is 1.21. The van der Waals surface area contributed by atoms with E-state index in [0.29, 0.717) is 0 Å². The summed E-state index contributed by atoms with van der Waals surface area (Å²) in [6, 6.07) is 2.03. The molecule has 0 amide bonds. The Labute approximate surface area is 59.6 Å². The standard InChI is InChI=1S/C8H8N2/c1-3-9-6-8-2-4-10-5-7(1)8/h1,3-4,6H,2,5H2. The molecule has 50 valence electrons. The number of aromatic nitrogens is 1. The molecule has 0 saturated heterocycles. The second-order valence-corrected chi connectivity index (χ2v) is 2.37. The summed E-state index contributed by atoms with van der Waals surface area (Å²) in [5.74, 6) is 0. The van der Waals surface area contributed by atoms with Gasteiger partial charge in [-0.05, 0) is 17.2 Å². The van der Waals surface area contributed by atoms with Crippen LogP contribution in [0.2, 0.25) is 0 Å². The molecule has 0 N–H and O–H groups in total. The first-order chi connectivity index (χ1) is 4.97. The minimum atomic E-state index is 0.831. The first-order valence-electron chi connectivity index (χ1n) is 3.37. The summed E-state index contributed by atoms with van der Waals surface area (Å²) in [5, 5.41) is 0. The van der Waals surface area contributed by atoms with Crippen LogP contribution in [-0.4, -0.2) is 11.2 Å². The monoisotopic (exact) mass is 132 g/mol. The Bertz CT molecular complexity index is 239. The maximum absolute atomic E-state index is 4.17. The van der Waals surface area contributed by atoms with Gasteiger partial charge in [0.25, 0.3) is 0 Å². The van der Waals surface area contributed by atoms with E-state index in [-0.39, 0.29) is 0 Å². The van der Waals surface area contributed by atoms with Gasteiger partial charge in [-0.1, -0.05) is 0 Å². The van der Waals surface area contributed by atoms with E-state index in [1.165, 1.54) is 11.1 Å². The van der Waals surface area contributed by atoms with Gasteiger partial charge in [0, 0.05) is 25.0 Å². The van der Waals surface area contributed by atoms with Crippen molar-refractivity contribution in [2.24, 2.45) is 4.99 Å². The second kappa shape index (κ2) is 2.21. The van der Waals surface area contributed by atoms with Crippen molar-refractivity contribution in [3.05, 3.63) is 29.6 Å². The van der Waals surface area contributed by atoms with E-state index in [4.69, 9.17) is 0 Å². The zero-order valence-corrected chi connectivity index (χ0v) is 5.62. The van der Waals surface area contributed by atoms with Crippen molar-refractivity contribution in [2.75, 3.05) is 0 Å². The van der Waals surface area contributed by atoms with Crippen molar-refractivity contribution in [2.45, 2.75) is 13.0 Å². The number of hydrogen-bond acceptors (Lipinski definition) is 2. The molecule has 1 aromatic heterocycles. The molecule has 1 aliphatic heterocycles. The van der Waals surface area contributed by atoms with E-state index >= 15 is 0 Å². The maximum atomic E-state index is 4.17. The summed E-state index contributed by atoms with van der Waals surface area (Å²) in [6.07, 6.45) is 6.63. The molecular weight excluding hydrogens is 124 g/mol.